The Balaban J connectivity index is 1.89. The number of carbonyl (C=O) groups is 2. The number of carbonyl (C=O) groups excluding carboxylic acids is 2. The van der Waals surface area contributed by atoms with E-state index in [2.05, 4.69) is 14.9 Å². The third-order valence-corrected chi connectivity index (χ3v) is 5.53. The third-order valence-electron chi connectivity index (χ3n) is 5.31. The van der Waals surface area contributed by atoms with Crippen molar-refractivity contribution in [3.63, 3.8) is 0 Å². The summed E-state index contributed by atoms with van der Waals surface area (Å²) < 4.78 is 19.2. The highest BCUT2D eigenvalue weighted by Crippen LogP contribution is 2.43. The minimum Gasteiger partial charge on any atom is -0.368 e. The average Bonchev–Trinajstić information content (AvgIpc) is 3.32. The van der Waals surface area contributed by atoms with Crippen LogP contribution in [0.2, 0.25) is 5.02 Å². The van der Waals surface area contributed by atoms with E-state index in [4.69, 9.17) is 17.3 Å². The first-order chi connectivity index (χ1) is 14.4. The number of primary amides is 1. The van der Waals surface area contributed by atoms with Crippen molar-refractivity contribution in [3.05, 3.63) is 81.4 Å². The summed E-state index contributed by atoms with van der Waals surface area (Å²) in [7, 11) is 0. The van der Waals surface area contributed by atoms with E-state index in [1.165, 1.54) is 11.0 Å². The number of nitrogens with two attached hydrogens (primary N) is 1. The first-order valence-electron chi connectivity index (χ1n) is 9.32. The number of hydrogen-bond acceptors (Lipinski definition) is 5. The molecule has 3 aromatic rings. The van der Waals surface area contributed by atoms with Gasteiger partial charge in [-0.15, -0.1) is 0 Å². The second kappa shape index (κ2) is 7.87. The van der Waals surface area contributed by atoms with Crippen LogP contribution in [-0.2, 0) is 11.2 Å². The molecule has 1 aromatic heterocycles. The molecule has 9 heteroatoms. The molecule has 1 unspecified atom stereocenters. The fourth-order valence-electron chi connectivity index (χ4n) is 3.99. The molecule has 2 amide bonds. The Labute approximate surface area is 176 Å². The van der Waals surface area contributed by atoms with E-state index in [1.54, 1.807) is 43.3 Å². The second-order valence-electron chi connectivity index (χ2n) is 7.14. The average molecular weight is 429 g/mol. The van der Waals surface area contributed by atoms with E-state index in [-0.39, 0.29) is 16.4 Å². The lowest BCUT2D eigenvalue weighted by molar-refractivity contribution is -0.123. The third kappa shape index (κ3) is 3.43. The molecule has 1 heterocycles. The fraction of sp³-hybridized carbons (Fsp3) is 0.238. The normalized spacial score (nSPS) is 16.2. The molecule has 2 aromatic carbocycles. The van der Waals surface area contributed by atoms with Crippen molar-refractivity contribution in [3.8, 4) is 0 Å². The lowest BCUT2D eigenvalue weighted by Crippen LogP contribution is -2.43. The fourth-order valence-corrected chi connectivity index (χ4v) is 4.21. The maximum Gasteiger partial charge on any atom is 0.279 e. The first kappa shape index (κ1) is 20.0. The van der Waals surface area contributed by atoms with Gasteiger partial charge in [0.25, 0.3) is 5.91 Å². The van der Waals surface area contributed by atoms with Gasteiger partial charge in [-0.1, -0.05) is 47.1 Å². The molecule has 7 nitrogen and oxygen atoms in total. The first-order valence-corrected chi connectivity index (χ1v) is 9.70. The summed E-state index contributed by atoms with van der Waals surface area (Å²) in [6.07, 6.45) is 0.794. The molecule has 154 valence electrons. The summed E-state index contributed by atoms with van der Waals surface area (Å²) in [5.41, 5.74) is 7.54. The van der Waals surface area contributed by atoms with Crippen molar-refractivity contribution >= 4 is 23.4 Å². The Hall–Kier alpha value is -3.26. The van der Waals surface area contributed by atoms with Crippen LogP contribution in [0.15, 0.2) is 47.1 Å². The molecule has 2 atom stereocenters. The van der Waals surface area contributed by atoms with Gasteiger partial charge in [0, 0.05) is 5.02 Å². The molecule has 0 bridgehead atoms. The van der Waals surface area contributed by atoms with Gasteiger partial charge in [0.05, 0.1) is 6.04 Å². The molecule has 2 N–H and O–H groups in total. The minimum absolute atomic E-state index is 0.0341. The van der Waals surface area contributed by atoms with Crippen LogP contribution >= 0.6 is 11.6 Å². The molecule has 0 saturated heterocycles. The molecule has 0 aliphatic heterocycles. The Morgan fingerprint density at radius 1 is 1.27 bits per heavy atom. The number of hydrogen-bond donors (Lipinski definition) is 1. The number of benzene rings is 2. The van der Waals surface area contributed by atoms with Gasteiger partial charge in [-0.25, -0.2) is 9.02 Å². The standard InChI is InChI=1S/C21H18ClFN4O3/c1-11-18(26-30-25-11)21(29)27(19(20(24)28)12-5-3-2-4-6-12)17-8-7-14-15(17)9-13(22)10-16(14)23/h2-6,9-10,17,19H,7-8H2,1H3,(H2,24,28)/t17-,19?/m1/s1. The molecule has 0 saturated carbocycles. The number of nitrogens with zero attached hydrogens (tertiary/aromatic N) is 3. The van der Waals surface area contributed by atoms with Crippen LogP contribution in [0.25, 0.3) is 0 Å². The summed E-state index contributed by atoms with van der Waals surface area (Å²) >= 11 is 6.09. The van der Waals surface area contributed by atoms with E-state index < -0.39 is 29.7 Å². The van der Waals surface area contributed by atoms with Crippen LogP contribution in [0.3, 0.4) is 0 Å². The smallest absolute Gasteiger partial charge is 0.279 e. The molecule has 0 radical (unpaired) electrons. The van der Waals surface area contributed by atoms with Gasteiger partial charge in [-0.3, -0.25) is 9.59 Å². The SMILES string of the molecule is Cc1nonc1C(=O)N(C(C(N)=O)c1ccccc1)[C@@H]1CCc2c(F)cc(Cl)cc21. The highest BCUT2D eigenvalue weighted by molar-refractivity contribution is 6.30. The van der Waals surface area contributed by atoms with Gasteiger partial charge in [0.1, 0.15) is 17.6 Å². The number of aryl methyl sites for hydroxylation is 1. The Morgan fingerprint density at radius 2 is 2.00 bits per heavy atom. The molecule has 0 fully saturated rings. The van der Waals surface area contributed by atoms with Crippen LogP contribution in [0.5, 0.6) is 0 Å². The summed E-state index contributed by atoms with van der Waals surface area (Å²) in [5, 5.41) is 7.58. The predicted octanol–water partition coefficient (Wildman–Crippen LogP) is 3.53. The quantitative estimate of drug-likeness (QED) is 0.669. The van der Waals surface area contributed by atoms with Crippen molar-refractivity contribution in [2.75, 3.05) is 0 Å². The number of rotatable bonds is 5. The lowest BCUT2D eigenvalue weighted by atomic mass is 9.98. The zero-order valence-corrected chi connectivity index (χ0v) is 16.8. The molecule has 1 aliphatic rings. The predicted molar refractivity (Wildman–Crippen MR) is 106 cm³/mol. The molecule has 1 aliphatic carbocycles. The van der Waals surface area contributed by atoms with Gasteiger partial charge in [0.2, 0.25) is 5.91 Å². The van der Waals surface area contributed by atoms with Crippen LogP contribution in [0.4, 0.5) is 4.39 Å². The summed E-state index contributed by atoms with van der Waals surface area (Å²) in [6.45, 7) is 1.57. The van der Waals surface area contributed by atoms with Gasteiger partial charge < -0.3 is 10.6 Å². The van der Waals surface area contributed by atoms with Crippen LogP contribution in [0, 0.1) is 12.7 Å². The maximum absolute atomic E-state index is 14.5. The molecular weight excluding hydrogens is 411 g/mol. The van der Waals surface area contributed by atoms with Crippen molar-refractivity contribution in [1.29, 1.82) is 0 Å². The molecular formula is C21H18ClFN4O3. The highest BCUT2D eigenvalue weighted by atomic mass is 35.5. The minimum atomic E-state index is -1.10. The van der Waals surface area contributed by atoms with Crippen molar-refractivity contribution < 1.29 is 18.6 Å². The lowest BCUT2D eigenvalue weighted by Gasteiger charge is -2.35. The van der Waals surface area contributed by atoms with Crippen LogP contribution in [-0.4, -0.2) is 27.0 Å². The van der Waals surface area contributed by atoms with Crippen molar-refractivity contribution in [1.82, 2.24) is 15.2 Å². The highest BCUT2D eigenvalue weighted by Gasteiger charge is 2.41. The van der Waals surface area contributed by atoms with Gasteiger partial charge >= 0.3 is 0 Å². The summed E-state index contributed by atoms with van der Waals surface area (Å²) in [6, 6.07) is 9.82. The van der Waals surface area contributed by atoms with Gasteiger partial charge in [-0.2, -0.15) is 0 Å². The van der Waals surface area contributed by atoms with E-state index >= 15 is 0 Å². The molecule has 0 spiro atoms. The van der Waals surface area contributed by atoms with Crippen LogP contribution in [0.1, 0.15) is 51.4 Å². The van der Waals surface area contributed by atoms with Crippen molar-refractivity contribution in [2.24, 2.45) is 5.73 Å². The van der Waals surface area contributed by atoms with Crippen molar-refractivity contribution in [2.45, 2.75) is 31.8 Å². The van der Waals surface area contributed by atoms with E-state index in [0.29, 0.717) is 29.5 Å². The van der Waals surface area contributed by atoms with Gasteiger partial charge in [0.15, 0.2) is 5.69 Å². The van der Waals surface area contributed by atoms with Crippen LogP contribution < -0.4 is 5.73 Å². The Morgan fingerprint density at radius 3 is 2.63 bits per heavy atom. The Kier molecular flexibility index (Phi) is 5.26. The number of halogens is 2. The summed E-state index contributed by atoms with van der Waals surface area (Å²) in [5.74, 6) is -1.75. The van der Waals surface area contributed by atoms with E-state index in [9.17, 15) is 14.0 Å². The molecule has 30 heavy (non-hydrogen) atoms. The van der Waals surface area contributed by atoms with E-state index in [0.717, 1.165) is 0 Å². The number of amides is 2. The zero-order chi connectivity index (χ0) is 21.4. The number of fused-ring (bicyclic) bond motifs is 1. The monoisotopic (exact) mass is 428 g/mol. The maximum atomic E-state index is 14.5. The topological polar surface area (TPSA) is 102 Å². The second-order valence-corrected chi connectivity index (χ2v) is 7.57. The number of aromatic nitrogens is 2. The summed E-state index contributed by atoms with van der Waals surface area (Å²) in [4.78, 5) is 27.5. The largest absolute Gasteiger partial charge is 0.368 e. The van der Waals surface area contributed by atoms with E-state index in [1.807, 2.05) is 0 Å². The Bertz CT molecular complexity index is 1120. The zero-order valence-electron chi connectivity index (χ0n) is 16.0. The molecule has 4 rings (SSSR count). The van der Waals surface area contributed by atoms with Gasteiger partial charge in [-0.05, 0) is 53.7 Å².